The van der Waals surface area contributed by atoms with Gasteiger partial charge in [-0.1, -0.05) is 87.2 Å². The van der Waals surface area contributed by atoms with Crippen LogP contribution in [0.25, 0.3) is 0 Å². The number of halogens is 1. The summed E-state index contributed by atoms with van der Waals surface area (Å²) in [7, 11) is -1.69. The maximum atomic E-state index is 2.41. The fraction of sp³-hybridized carbons (Fsp3) is 0.471. The lowest BCUT2D eigenvalue weighted by Gasteiger charge is -2.39. The highest BCUT2D eigenvalue weighted by atomic mass is 127. The first-order chi connectivity index (χ1) is 17.3. The van der Waals surface area contributed by atoms with Crippen LogP contribution in [-0.2, 0) is 0 Å². The van der Waals surface area contributed by atoms with Gasteiger partial charge in [0, 0.05) is 0 Å². The van der Waals surface area contributed by atoms with Crippen LogP contribution < -0.4 is 39.9 Å². The van der Waals surface area contributed by atoms with E-state index >= 15 is 0 Å². The highest BCUT2D eigenvalue weighted by Gasteiger charge is 2.47. The highest BCUT2D eigenvalue weighted by molar-refractivity contribution is 7.95. The maximum absolute atomic E-state index is 2.41. The van der Waals surface area contributed by atoms with Crippen molar-refractivity contribution < 1.29 is 24.0 Å². The molecule has 0 N–H and O–H groups in total. The largest absolute Gasteiger partial charge is 1.00 e. The summed E-state index contributed by atoms with van der Waals surface area (Å²) < 4.78 is 0. The van der Waals surface area contributed by atoms with Crippen molar-refractivity contribution in [2.75, 3.05) is 6.16 Å². The average Bonchev–Trinajstić information content (AvgIpc) is 2.94. The molecule has 2 heteroatoms. The zero-order chi connectivity index (χ0) is 23.9. The molecule has 0 heterocycles. The van der Waals surface area contributed by atoms with Gasteiger partial charge in [-0.25, -0.2) is 0 Å². The fourth-order valence-corrected chi connectivity index (χ4v) is 12.1. The first-order valence-electron chi connectivity index (χ1n) is 14.3. The van der Waals surface area contributed by atoms with Crippen molar-refractivity contribution in [2.45, 2.75) is 71.1 Å². The van der Waals surface area contributed by atoms with Crippen LogP contribution in [0.4, 0.5) is 0 Å². The first-order valence-corrected chi connectivity index (χ1v) is 16.3. The van der Waals surface area contributed by atoms with E-state index in [1.807, 2.05) is 0 Å². The van der Waals surface area contributed by atoms with Gasteiger partial charge < -0.3 is 24.0 Å². The number of rotatable bonds is 8. The van der Waals surface area contributed by atoms with Crippen LogP contribution >= 0.6 is 7.26 Å². The summed E-state index contributed by atoms with van der Waals surface area (Å²) in [6.45, 7) is 2.36. The number of benzene rings is 3. The summed E-state index contributed by atoms with van der Waals surface area (Å²) in [6.07, 6.45) is 16.0. The lowest BCUT2D eigenvalue weighted by molar-refractivity contribution is -0.00000712. The third-order valence-electron chi connectivity index (χ3n) is 9.27. The van der Waals surface area contributed by atoms with Crippen molar-refractivity contribution in [2.24, 2.45) is 23.7 Å². The predicted octanol–water partition coefficient (Wildman–Crippen LogP) is 5.40. The van der Waals surface area contributed by atoms with Crippen LogP contribution in [0.2, 0.25) is 0 Å². The van der Waals surface area contributed by atoms with Crippen molar-refractivity contribution in [1.29, 1.82) is 0 Å². The van der Waals surface area contributed by atoms with E-state index < -0.39 is 7.26 Å². The third kappa shape index (κ3) is 6.27. The number of hydrogen-bond donors (Lipinski definition) is 0. The quantitative estimate of drug-likeness (QED) is 0.237. The van der Waals surface area contributed by atoms with Gasteiger partial charge in [0.05, 0.1) is 6.16 Å². The van der Waals surface area contributed by atoms with E-state index in [0.717, 1.165) is 23.7 Å². The maximum Gasteiger partial charge on any atom is 0.112 e. The molecule has 2 aliphatic carbocycles. The zero-order valence-electron chi connectivity index (χ0n) is 22.1. The molecule has 0 nitrogen and oxygen atoms in total. The molecule has 5 rings (SSSR count). The second kappa shape index (κ2) is 13.6. The van der Waals surface area contributed by atoms with Crippen LogP contribution in [0.3, 0.4) is 0 Å². The summed E-state index contributed by atoms with van der Waals surface area (Å²) in [5.41, 5.74) is 0. The highest BCUT2D eigenvalue weighted by Crippen LogP contribution is 2.58. The molecule has 0 amide bonds. The second-order valence-corrected chi connectivity index (χ2v) is 14.9. The SMILES string of the molecule is CCC[C@H]1CC[C@H]([C@H]2CC[C@H](C[P+](c3ccccc3)(c3ccccc3)c3ccccc3)CC2)CC1.[I-]. The van der Waals surface area contributed by atoms with Gasteiger partial charge in [-0.05, 0) is 98.6 Å². The molecular weight excluding hydrogens is 566 g/mol. The summed E-state index contributed by atoms with van der Waals surface area (Å²) in [5, 5.41) is 4.65. The summed E-state index contributed by atoms with van der Waals surface area (Å²) in [5.74, 6) is 3.87. The van der Waals surface area contributed by atoms with Gasteiger partial charge in [0.2, 0.25) is 0 Å². The molecule has 2 saturated carbocycles. The molecule has 2 aliphatic rings. The van der Waals surface area contributed by atoms with Gasteiger partial charge in [0.15, 0.2) is 0 Å². The molecule has 192 valence electrons. The predicted molar refractivity (Wildman–Crippen MR) is 156 cm³/mol. The standard InChI is InChI=1S/C34H44P.HI/c1-2-12-28-19-23-30(24-20-28)31-25-21-29(22-26-31)27-35(32-13-6-3-7-14-32,33-15-8-4-9-16-33)34-17-10-5-11-18-34;/h3-11,13-18,28-31H,2,12,19-27H2,1H3;1H/q+1;/p-1/t28-,29-,30-,31-;. The molecular formula is C34H44IP. The Morgan fingerprint density at radius 3 is 1.25 bits per heavy atom. The van der Waals surface area contributed by atoms with Crippen LogP contribution in [0.15, 0.2) is 91.0 Å². The Morgan fingerprint density at radius 1 is 0.528 bits per heavy atom. The Balaban J connectivity index is 0.00000304. The molecule has 0 aromatic heterocycles. The number of hydrogen-bond acceptors (Lipinski definition) is 0. The molecule has 0 spiro atoms. The monoisotopic (exact) mass is 610 g/mol. The molecule has 3 aromatic carbocycles. The molecule has 0 aliphatic heterocycles. The van der Waals surface area contributed by atoms with Gasteiger partial charge in [-0.2, -0.15) is 0 Å². The Morgan fingerprint density at radius 2 is 0.889 bits per heavy atom. The molecule has 0 radical (unpaired) electrons. The lowest BCUT2D eigenvalue weighted by atomic mass is 9.69. The van der Waals surface area contributed by atoms with Crippen molar-refractivity contribution in [3.63, 3.8) is 0 Å². The Hall–Kier alpha value is -1.18. The molecule has 0 bridgehead atoms. The topological polar surface area (TPSA) is 0 Å². The Bertz CT molecular complexity index is 906. The Labute approximate surface area is 238 Å². The smallest absolute Gasteiger partial charge is 0.112 e. The third-order valence-corrected chi connectivity index (χ3v) is 13.9. The van der Waals surface area contributed by atoms with E-state index in [9.17, 15) is 0 Å². The van der Waals surface area contributed by atoms with Gasteiger partial charge in [0.25, 0.3) is 0 Å². The van der Waals surface area contributed by atoms with E-state index in [1.165, 1.54) is 70.4 Å². The van der Waals surface area contributed by atoms with E-state index in [-0.39, 0.29) is 24.0 Å². The van der Waals surface area contributed by atoms with Crippen LogP contribution in [0.5, 0.6) is 0 Å². The van der Waals surface area contributed by atoms with Crippen molar-refractivity contribution in [1.82, 2.24) is 0 Å². The van der Waals surface area contributed by atoms with E-state index in [4.69, 9.17) is 0 Å². The molecule has 0 unspecified atom stereocenters. The summed E-state index contributed by atoms with van der Waals surface area (Å²) >= 11 is 0. The van der Waals surface area contributed by atoms with E-state index in [1.54, 1.807) is 15.9 Å². The zero-order valence-corrected chi connectivity index (χ0v) is 25.1. The van der Waals surface area contributed by atoms with Gasteiger partial charge in [0.1, 0.15) is 23.2 Å². The van der Waals surface area contributed by atoms with Crippen molar-refractivity contribution in [3.05, 3.63) is 91.0 Å². The molecule has 0 saturated heterocycles. The average molecular weight is 611 g/mol. The summed E-state index contributed by atoms with van der Waals surface area (Å²) in [4.78, 5) is 0. The van der Waals surface area contributed by atoms with Crippen molar-refractivity contribution in [3.8, 4) is 0 Å². The van der Waals surface area contributed by atoms with Gasteiger partial charge in [-0.3, -0.25) is 0 Å². The molecule has 36 heavy (non-hydrogen) atoms. The lowest BCUT2D eigenvalue weighted by Crippen LogP contribution is -3.00. The minimum atomic E-state index is -1.69. The molecule has 3 aromatic rings. The van der Waals surface area contributed by atoms with Gasteiger partial charge in [-0.15, -0.1) is 0 Å². The van der Waals surface area contributed by atoms with Gasteiger partial charge >= 0.3 is 0 Å². The minimum Gasteiger partial charge on any atom is -1.00 e. The van der Waals surface area contributed by atoms with Crippen LogP contribution in [0, 0.1) is 23.7 Å². The second-order valence-electron chi connectivity index (χ2n) is 11.3. The minimum absolute atomic E-state index is 0. The first kappa shape index (κ1) is 27.8. The van der Waals surface area contributed by atoms with Crippen LogP contribution in [0.1, 0.15) is 71.1 Å². The van der Waals surface area contributed by atoms with E-state index in [2.05, 4.69) is 97.9 Å². The molecule has 2 fully saturated rings. The normalized spacial score (nSPS) is 24.6. The Kier molecular flexibility index (Phi) is 10.5. The summed E-state index contributed by atoms with van der Waals surface area (Å²) in [6, 6.07) is 34.5. The van der Waals surface area contributed by atoms with Crippen molar-refractivity contribution >= 4 is 23.2 Å². The van der Waals surface area contributed by atoms with E-state index in [0.29, 0.717) is 0 Å². The fourth-order valence-electron chi connectivity index (χ4n) is 7.40. The van der Waals surface area contributed by atoms with Crippen LogP contribution in [-0.4, -0.2) is 6.16 Å². The molecule has 0 atom stereocenters.